The van der Waals surface area contributed by atoms with E-state index in [1.54, 1.807) is 0 Å². The smallest absolute Gasteiger partial charge is 0.287 e. The Morgan fingerprint density at radius 3 is 2.87 bits per heavy atom. The molecule has 122 valence electrons. The molecule has 2 aliphatic rings. The van der Waals surface area contributed by atoms with Crippen LogP contribution in [0.2, 0.25) is 0 Å². The van der Waals surface area contributed by atoms with Crippen molar-refractivity contribution in [3.63, 3.8) is 0 Å². The monoisotopic (exact) mass is 337 g/mol. The van der Waals surface area contributed by atoms with Crippen LogP contribution in [0, 0.1) is 5.92 Å². The van der Waals surface area contributed by atoms with Crippen LogP contribution < -0.4 is 5.01 Å². The summed E-state index contributed by atoms with van der Waals surface area (Å²) < 4.78 is 28.6. The topological polar surface area (TPSA) is 48.7 Å². The van der Waals surface area contributed by atoms with Gasteiger partial charge in [0.2, 0.25) is 10.9 Å². The fraction of sp³-hybridized carbons (Fsp3) is 0.500. The second-order valence-electron chi connectivity index (χ2n) is 6.10. The summed E-state index contributed by atoms with van der Waals surface area (Å²) in [6, 6.07) is 7.45. The highest BCUT2D eigenvalue weighted by molar-refractivity contribution is 7.22. The summed E-state index contributed by atoms with van der Waals surface area (Å²) in [5, 5.41) is 16.6. The van der Waals surface area contributed by atoms with Gasteiger partial charge in [-0.05, 0) is 31.4 Å². The Kier molecular flexibility index (Phi) is 3.57. The van der Waals surface area contributed by atoms with Crippen LogP contribution in [0.5, 0.6) is 0 Å². The lowest BCUT2D eigenvalue weighted by Crippen LogP contribution is -2.54. The zero-order chi connectivity index (χ0) is 16.0. The van der Waals surface area contributed by atoms with Gasteiger partial charge in [0.1, 0.15) is 0 Å². The molecule has 23 heavy (non-hydrogen) atoms. The lowest BCUT2D eigenvalue weighted by molar-refractivity contribution is -0.113. The van der Waals surface area contributed by atoms with Crippen molar-refractivity contribution in [1.82, 2.24) is 4.98 Å². The summed E-state index contributed by atoms with van der Waals surface area (Å²) >= 11 is 1.28. The largest absolute Gasteiger partial charge is 0.364 e. The van der Waals surface area contributed by atoms with Crippen molar-refractivity contribution >= 4 is 32.4 Å². The van der Waals surface area contributed by atoms with Crippen molar-refractivity contribution < 1.29 is 13.9 Å². The molecule has 1 aliphatic carbocycles. The first kappa shape index (κ1) is 15.0. The predicted octanol–water partition coefficient (Wildman–Crippen LogP) is 4.01. The van der Waals surface area contributed by atoms with E-state index in [2.05, 4.69) is 10.1 Å². The van der Waals surface area contributed by atoms with Crippen LogP contribution in [0.3, 0.4) is 0 Å². The number of benzene rings is 1. The quantitative estimate of drug-likeness (QED) is 0.901. The molecule has 4 rings (SSSR count). The molecule has 0 spiro atoms. The third-order valence-corrected chi connectivity index (χ3v) is 5.71. The summed E-state index contributed by atoms with van der Waals surface area (Å²) in [5.41, 5.74) is -0.867. The number of anilines is 1. The number of aliphatic hydroxyl groups is 1. The Morgan fingerprint density at radius 2 is 2.09 bits per heavy atom. The maximum atomic E-state index is 13.8. The first-order valence-corrected chi connectivity index (χ1v) is 8.66. The molecule has 7 heteroatoms. The van der Waals surface area contributed by atoms with E-state index in [4.69, 9.17) is 0 Å². The summed E-state index contributed by atoms with van der Waals surface area (Å²) in [7, 11) is 0. The fourth-order valence-corrected chi connectivity index (χ4v) is 4.48. The maximum absolute atomic E-state index is 13.8. The van der Waals surface area contributed by atoms with Gasteiger partial charge in [0.05, 0.1) is 16.1 Å². The number of hydrogen-bond acceptors (Lipinski definition) is 5. The molecule has 1 N–H and O–H groups in total. The SMILES string of the molecule is OC1(C(F)F)C2CCCCCC2=NN1c1nc2ccccc2s1. The van der Waals surface area contributed by atoms with E-state index in [1.807, 2.05) is 24.3 Å². The predicted molar refractivity (Wildman–Crippen MR) is 87.1 cm³/mol. The zero-order valence-corrected chi connectivity index (χ0v) is 13.3. The van der Waals surface area contributed by atoms with Gasteiger partial charge in [-0.2, -0.15) is 5.10 Å². The minimum Gasteiger partial charge on any atom is -0.364 e. The van der Waals surface area contributed by atoms with Crippen LogP contribution in [0.15, 0.2) is 29.4 Å². The first-order valence-electron chi connectivity index (χ1n) is 7.84. The van der Waals surface area contributed by atoms with E-state index >= 15 is 0 Å². The number of fused-ring (bicyclic) bond motifs is 2. The van der Waals surface area contributed by atoms with E-state index in [0.717, 1.165) is 34.5 Å². The second-order valence-corrected chi connectivity index (χ2v) is 7.11. The Labute approximate surface area is 136 Å². The Morgan fingerprint density at radius 1 is 1.26 bits per heavy atom. The first-order chi connectivity index (χ1) is 11.1. The second kappa shape index (κ2) is 5.49. The van der Waals surface area contributed by atoms with E-state index in [-0.39, 0.29) is 0 Å². The molecule has 0 bridgehead atoms. The number of thiazole rings is 1. The normalized spacial score (nSPS) is 28.1. The molecule has 0 amide bonds. The standard InChI is InChI=1S/C16H17F2N3OS/c17-14(18)16(22)10-6-2-1-3-7-11(10)20-21(16)15-19-12-8-4-5-9-13(12)23-15/h4-5,8-10,14,22H,1-3,6-7H2. The molecule has 4 nitrogen and oxygen atoms in total. The van der Waals surface area contributed by atoms with Crippen molar-refractivity contribution in [2.75, 3.05) is 5.01 Å². The number of alkyl halides is 2. The van der Waals surface area contributed by atoms with Crippen molar-refractivity contribution in [3.8, 4) is 0 Å². The van der Waals surface area contributed by atoms with Gasteiger partial charge in [-0.3, -0.25) is 0 Å². The lowest BCUT2D eigenvalue weighted by Gasteiger charge is -2.34. The van der Waals surface area contributed by atoms with E-state index in [0.29, 0.717) is 23.7 Å². The Bertz CT molecular complexity index is 730. The van der Waals surface area contributed by atoms with Crippen molar-refractivity contribution in [2.24, 2.45) is 11.0 Å². The van der Waals surface area contributed by atoms with Gasteiger partial charge in [-0.15, -0.1) is 0 Å². The van der Waals surface area contributed by atoms with E-state index in [1.165, 1.54) is 11.3 Å². The van der Waals surface area contributed by atoms with Crippen LogP contribution in [0.1, 0.15) is 32.1 Å². The molecule has 2 atom stereocenters. The summed E-state index contributed by atoms with van der Waals surface area (Å²) in [6.45, 7) is 0. The average Bonchev–Trinajstić information content (AvgIpc) is 2.98. The molecular weight excluding hydrogens is 320 g/mol. The average molecular weight is 337 g/mol. The Hall–Kier alpha value is -1.60. The van der Waals surface area contributed by atoms with Gasteiger partial charge in [-0.25, -0.2) is 18.8 Å². The highest BCUT2D eigenvalue weighted by Crippen LogP contribution is 2.45. The molecule has 2 unspecified atom stereocenters. The fourth-order valence-electron chi connectivity index (χ4n) is 3.50. The summed E-state index contributed by atoms with van der Waals surface area (Å²) in [4.78, 5) is 4.40. The molecular formula is C16H17F2N3OS. The third-order valence-electron chi connectivity index (χ3n) is 4.69. The number of aromatic nitrogens is 1. The molecule has 1 aliphatic heterocycles. The van der Waals surface area contributed by atoms with Gasteiger partial charge in [0.15, 0.2) is 0 Å². The van der Waals surface area contributed by atoms with Crippen LogP contribution in [0.25, 0.3) is 10.2 Å². The highest BCUT2D eigenvalue weighted by Gasteiger charge is 2.57. The number of hydrazone groups is 1. The number of nitrogens with zero attached hydrogens (tertiary/aromatic N) is 3. The lowest BCUT2D eigenvalue weighted by atomic mass is 9.88. The number of para-hydroxylation sites is 1. The van der Waals surface area contributed by atoms with Crippen LogP contribution >= 0.6 is 11.3 Å². The van der Waals surface area contributed by atoms with Crippen molar-refractivity contribution in [1.29, 1.82) is 0 Å². The molecule has 0 radical (unpaired) electrons. The summed E-state index contributed by atoms with van der Waals surface area (Å²) in [6.07, 6.45) is 1.08. The zero-order valence-electron chi connectivity index (χ0n) is 12.5. The number of hydrogen-bond donors (Lipinski definition) is 1. The van der Waals surface area contributed by atoms with Crippen molar-refractivity contribution in [3.05, 3.63) is 24.3 Å². The maximum Gasteiger partial charge on any atom is 0.287 e. The molecule has 0 saturated heterocycles. The van der Waals surface area contributed by atoms with E-state index < -0.39 is 18.1 Å². The third kappa shape index (κ3) is 2.25. The molecule has 1 saturated carbocycles. The molecule has 2 heterocycles. The van der Waals surface area contributed by atoms with Gasteiger partial charge < -0.3 is 5.11 Å². The van der Waals surface area contributed by atoms with Crippen LogP contribution in [-0.4, -0.2) is 28.0 Å². The minimum atomic E-state index is -2.90. The van der Waals surface area contributed by atoms with E-state index in [9.17, 15) is 13.9 Å². The van der Waals surface area contributed by atoms with Crippen LogP contribution in [-0.2, 0) is 0 Å². The van der Waals surface area contributed by atoms with Gasteiger partial charge >= 0.3 is 0 Å². The minimum absolute atomic E-state index is 0.328. The molecule has 1 aromatic heterocycles. The van der Waals surface area contributed by atoms with Gasteiger partial charge in [0.25, 0.3) is 6.43 Å². The number of rotatable bonds is 2. The van der Waals surface area contributed by atoms with Crippen molar-refractivity contribution in [2.45, 2.75) is 44.3 Å². The Balaban J connectivity index is 1.81. The van der Waals surface area contributed by atoms with Crippen LogP contribution in [0.4, 0.5) is 13.9 Å². The summed E-state index contributed by atoms with van der Waals surface area (Å²) in [5.74, 6) is -0.614. The molecule has 2 aromatic rings. The number of halogens is 2. The highest BCUT2D eigenvalue weighted by atomic mass is 32.1. The van der Waals surface area contributed by atoms with Gasteiger partial charge in [-0.1, -0.05) is 36.3 Å². The van der Waals surface area contributed by atoms with Gasteiger partial charge in [0, 0.05) is 5.71 Å². The molecule has 1 aromatic carbocycles. The molecule has 1 fully saturated rings.